The first-order chi connectivity index (χ1) is 9.79. The summed E-state index contributed by atoms with van der Waals surface area (Å²) in [5.74, 6) is 0.876. The number of nitrogens with one attached hydrogen (secondary N) is 2. The lowest BCUT2D eigenvalue weighted by Crippen LogP contribution is -2.50. The summed E-state index contributed by atoms with van der Waals surface area (Å²) in [6.07, 6.45) is 6.89. The van der Waals surface area contributed by atoms with Crippen LogP contribution in [0.5, 0.6) is 0 Å². The van der Waals surface area contributed by atoms with Crippen LogP contribution in [0.2, 0.25) is 0 Å². The minimum Gasteiger partial charge on any atom is -0.354 e. The van der Waals surface area contributed by atoms with Crippen LogP contribution in [0.4, 0.5) is 0 Å². The van der Waals surface area contributed by atoms with E-state index in [1.165, 1.54) is 51.7 Å². The number of rotatable bonds is 6. The van der Waals surface area contributed by atoms with Gasteiger partial charge in [0.25, 0.3) is 0 Å². The normalized spacial score (nSPS) is 25.7. The van der Waals surface area contributed by atoms with Gasteiger partial charge in [0.05, 0.1) is 0 Å². The van der Waals surface area contributed by atoms with Gasteiger partial charge in [-0.05, 0) is 51.2 Å². The molecule has 2 unspecified atom stereocenters. The molecule has 2 rings (SSSR count). The number of piperidine rings is 2. The first-order valence-corrected chi connectivity index (χ1v) is 8.21. The Morgan fingerprint density at radius 3 is 2.73 bits per heavy atom. The molecule has 0 aliphatic carbocycles. The second-order valence-electron chi connectivity index (χ2n) is 6.20. The highest BCUT2D eigenvalue weighted by atomic mass is 35.5. The van der Waals surface area contributed by atoms with Gasteiger partial charge < -0.3 is 16.4 Å². The summed E-state index contributed by atoms with van der Waals surface area (Å²) in [6.45, 7) is 5.93. The van der Waals surface area contributed by atoms with E-state index in [0.717, 1.165) is 19.0 Å². The van der Waals surface area contributed by atoms with Crippen LogP contribution in [0.15, 0.2) is 0 Å². The number of nitrogens with zero attached hydrogens (tertiary/aromatic N) is 1. The van der Waals surface area contributed by atoms with Crippen molar-refractivity contribution in [2.75, 3.05) is 39.3 Å². The van der Waals surface area contributed by atoms with Gasteiger partial charge in [0.2, 0.25) is 5.91 Å². The van der Waals surface area contributed by atoms with E-state index in [2.05, 4.69) is 15.5 Å². The zero-order chi connectivity index (χ0) is 14.2. The number of nitrogens with two attached hydrogens (primary N) is 1. The lowest BCUT2D eigenvalue weighted by Gasteiger charge is -2.39. The van der Waals surface area contributed by atoms with E-state index in [-0.39, 0.29) is 30.7 Å². The van der Waals surface area contributed by atoms with E-state index in [0.29, 0.717) is 19.0 Å². The highest BCUT2D eigenvalue weighted by Gasteiger charge is 2.25. The average molecular weight is 355 g/mol. The molecule has 2 aliphatic rings. The van der Waals surface area contributed by atoms with Crippen LogP contribution in [0.3, 0.4) is 0 Å². The third-order valence-corrected chi connectivity index (χ3v) is 4.55. The fourth-order valence-corrected chi connectivity index (χ4v) is 3.39. The Hall–Kier alpha value is -0.0700. The van der Waals surface area contributed by atoms with Crippen molar-refractivity contribution < 1.29 is 4.79 Å². The molecule has 132 valence electrons. The number of amides is 1. The smallest absolute Gasteiger partial charge is 0.221 e. The summed E-state index contributed by atoms with van der Waals surface area (Å²) in [6, 6.07) is 0.521. The van der Waals surface area contributed by atoms with Crippen molar-refractivity contribution in [2.24, 2.45) is 11.7 Å². The first-order valence-electron chi connectivity index (χ1n) is 8.21. The lowest BCUT2D eigenvalue weighted by molar-refractivity contribution is -0.121. The molecule has 0 bridgehead atoms. The van der Waals surface area contributed by atoms with Gasteiger partial charge in [0, 0.05) is 32.1 Å². The second-order valence-corrected chi connectivity index (χ2v) is 6.20. The SMILES string of the molecule is Cl.Cl.NCCC(=O)NCC1CCCCN1CC1CCCNC1. The molecule has 0 aromatic carbocycles. The molecule has 5 nitrogen and oxygen atoms in total. The number of hydrogen-bond donors (Lipinski definition) is 3. The molecule has 2 heterocycles. The van der Waals surface area contributed by atoms with Gasteiger partial charge >= 0.3 is 0 Å². The van der Waals surface area contributed by atoms with Gasteiger partial charge in [-0.25, -0.2) is 0 Å². The third kappa shape index (κ3) is 7.47. The van der Waals surface area contributed by atoms with Crippen molar-refractivity contribution in [3.8, 4) is 0 Å². The Labute approximate surface area is 147 Å². The molecule has 0 spiro atoms. The Morgan fingerprint density at radius 2 is 2.05 bits per heavy atom. The average Bonchev–Trinajstić information content (AvgIpc) is 2.48. The maximum Gasteiger partial charge on any atom is 0.221 e. The van der Waals surface area contributed by atoms with Crippen LogP contribution >= 0.6 is 24.8 Å². The van der Waals surface area contributed by atoms with Gasteiger partial charge in [-0.15, -0.1) is 24.8 Å². The van der Waals surface area contributed by atoms with Crippen molar-refractivity contribution in [3.63, 3.8) is 0 Å². The van der Waals surface area contributed by atoms with Crippen molar-refractivity contribution >= 4 is 30.7 Å². The fourth-order valence-electron chi connectivity index (χ4n) is 3.39. The fraction of sp³-hybridized carbons (Fsp3) is 0.933. The molecule has 2 fully saturated rings. The molecule has 2 saturated heterocycles. The lowest BCUT2D eigenvalue weighted by atomic mass is 9.95. The highest BCUT2D eigenvalue weighted by Crippen LogP contribution is 2.20. The summed E-state index contributed by atoms with van der Waals surface area (Å²) in [7, 11) is 0. The van der Waals surface area contributed by atoms with Crippen molar-refractivity contribution in [1.29, 1.82) is 0 Å². The van der Waals surface area contributed by atoms with Gasteiger partial charge in [0.1, 0.15) is 0 Å². The van der Waals surface area contributed by atoms with Crippen LogP contribution in [-0.2, 0) is 4.79 Å². The number of hydrogen-bond acceptors (Lipinski definition) is 4. The second kappa shape index (κ2) is 12.4. The summed E-state index contributed by atoms with van der Waals surface area (Å²) in [4.78, 5) is 14.2. The molecule has 0 aromatic heterocycles. The van der Waals surface area contributed by atoms with E-state index in [1.807, 2.05) is 0 Å². The maximum absolute atomic E-state index is 11.6. The van der Waals surface area contributed by atoms with E-state index in [9.17, 15) is 4.79 Å². The predicted molar refractivity (Wildman–Crippen MR) is 96.0 cm³/mol. The van der Waals surface area contributed by atoms with Crippen LogP contribution < -0.4 is 16.4 Å². The molecule has 0 saturated carbocycles. The molecule has 1 amide bonds. The monoisotopic (exact) mass is 354 g/mol. The summed E-state index contributed by atoms with van der Waals surface area (Å²) >= 11 is 0. The summed E-state index contributed by atoms with van der Waals surface area (Å²) < 4.78 is 0. The van der Waals surface area contributed by atoms with E-state index >= 15 is 0 Å². The minimum absolute atomic E-state index is 0. The largest absolute Gasteiger partial charge is 0.354 e. The third-order valence-electron chi connectivity index (χ3n) is 4.55. The molecule has 2 aliphatic heterocycles. The number of carbonyl (C=O) groups excluding carboxylic acids is 1. The summed E-state index contributed by atoms with van der Waals surface area (Å²) in [5.41, 5.74) is 5.41. The van der Waals surface area contributed by atoms with Crippen molar-refractivity contribution in [2.45, 2.75) is 44.6 Å². The first kappa shape index (κ1) is 21.9. The molecular weight excluding hydrogens is 323 g/mol. The Bertz CT molecular complexity index is 301. The summed E-state index contributed by atoms with van der Waals surface area (Å²) in [5, 5.41) is 6.54. The Kier molecular flexibility index (Phi) is 12.3. The van der Waals surface area contributed by atoms with Crippen LogP contribution in [0.25, 0.3) is 0 Å². The van der Waals surface area contributed by atoms with E-state index in [1.54, 1.807) is 0 Å². The van der Waals surface area contributed by atoms with Crippen LogP contribution in [0.1, 0.15) is 38.5 Å². The van der Waals surface area contributed by atoms with Crippen molar-refractivity contribution in [1.82, 2.24) is 15.5 Å². The van der Waals surface area contributed by atoms with Gasteiger partial charge in [0.15, 0.2) is 0 Å². The minimum atomic E-state index is 0. The molecular formula is C15H32Cl2N4O. The van der Waals surface area contributed by atoms with Gasteiger partial charge in [-0.1, -0.05) is 6.42 Å². The molecule has 4 N–H and O–H groups in total. The molecule has 0 aromatic rings. The topological polar surface area (TPSA) is 70.4 Å². The van der Waals surface area contributed by atoms with Crippen molar-refractivity contribution in [3.05, 3.63) is 0 Å². The standard InChI is InChI=1S/C15H30N4O.2ClH/c16-7-6-15(20)18-11-14-5-1-2-9-19(14)12-13-4-3-8-17-10-13;;/h13-14,17H,1-12,16H2,(H,18,20);2*1H. The Morgan fingerprint density at radius 1 is 1.23 bits per heavy atom. The van der Waals surface area contributed by atoms with Gasteiger partial charge in [-0.2, -0.15) is 0 Å². The number of halogens is 2. The van der Waals surface area contributed by atoms with E-state index in [4.69, 9.17) is 5.73 Å². The van der Waals surface area contributed by atoms with Crippen LogP contribution in [0, 0.1) is 5.92 Å². The van der Waals surface area contributed by atoms with E-state index < -0.39 is 0 Å². The molecule has 7 heteroatoms. The number of likely N-dealkylation sites (tertiary alicyclic amines) is 1. The van der Waals surface area contributed by atoms with Crippen LogP contribution in [-0.4, -0.2) is 56.1 Å². The maximum atomic E-state index is 11.6. The quantitative estimate of drug-likeness (QED) is 0.669. The predicted octanol–water partition coefficient (Wildman–Crippen LogP) is 1.15. The zero-order valence-corrected chi connectivity index (χ0v) is 15.0. The zero-order valence-electron chi connectivity index (χ0n) is 13.4. The van der Waals surface area contributed by atoms with Gasteiger partial charge in [-0.3, -0.25) is 9.69 Å². The number of carbonyl (C=O) groups is 1. The molecule has 0 radical (unpaired) electrons. The molecule has 22 heavy (non-hydrogen) atoms. The molecule has 2 atom stereocenters. The highest BCUT2D eigenvalue weighted by molar-refractivity contribution is 5.85. The Balaban J connectivity index is 0.00000220.